The van der Waals surface area contributed by atoms with Crippen molar-refractivity contribution in [2.24, 2.45) is 0 Å². The Morgan fingerprint density at radius 2 is 2.25 bits per heavy atom. The highest BCUT2D eigenvalue weighted by Crippen LogP contribution is 2.34. The second-order valence-electron chi connectivity index (χ2n) is 5.31. The smallest absolute Gasteiger partial charge is 0.303 e. The van der Waals surface area contributed by atoms with Gasteiger partial charge in [-0.3, -0.25) is 9.78 Å². The number of carbonyl (C=O) groups is 1. The van der Waals surface area contributed by atoms with Crippen molar-refractivity contribution in [3.8, 4) is 5.75 Å². The topological polar surface area (TPSA) is 85.5 Å². The number of pyridine rings is 1. The van der Waals surface area contributed by atoms with Crippen LogP contribution in [0.2, 0.25) is 5.02 Å². The van der Waals surface area contributed by atoms with Gasteiger partial charge >= 0.3 is 5.97 Å². The molecule has 2 heterocycles. The number of fused-ring (bicyclic) bond motifs is 1. The van der Waals surface area contributed by atoms with Crippen molar-refractivity contribution >= 4 is 28.5 Å². The molecule has 1 N–H and O–H groups in total. The predicted octanol–water partition coefficient (Wildman–Crippen LogP) is 4.03. The lowest BCUT2D eigenvalue weighted by atomic mass is 10.1. The molecule has 1 aromatic carbocycles. The first kappa shape index (κ1) is 16.3. The maximum atomic E-state index is 10.7. The second kappa shape index (κ2) is 6.88. The fourth-order valence-corrected chi connectivity index (χ4v) is 2.56. The minimum Gasteiger partial charge on any atom is -0.483 e. The molecule has 6 nitrogen and oxygen atoms in total. The lowest BCUT2D eigenvalue weighted by Crippen LogP contribution is -2.05. The van der Waals surface area contributed by atoms with E-state index in [1.54, 1.807) is 18.3 Å². The molecule has 0 saturated carbocycles. The summed E-state index contributed by atoms with van der Waals surface area (Å²) in [5.41, 5.74) is 1.36. The lowest BCUT2D eigenvalue weighted by Gasteiger charge is -2.15. The third-order valence-electron chi connectivity index (χ3n) is 3.58. The van der Waals surface area contributed by atoms with E-state index in [1.165, 1.54) is 0 Å². The molecule has 3 aromatic rings. The van der Waals surface area contributed by atoms with Gasteiger partial charge in [0.05, 0.1) is 17.1 Å². The van der Waals surface area contributed by atoms with Gasteiger partial charge in [-0.15, -0.1) is 0 Å². The third kappa shape index (κ3) is 3.49. The maximum Gasteiger partial charge on any atom is 0.303 e. The highest BCUT2D eigenvalue weighted by atomic mass is 35.5. The Hall–Kier alpha value is -2.60. The van der Waals surface area contributed by atoms with Crippen LogP contribution in [-0.2, 0) is 11.2 Å². The minimum absolute atomic E-state index is 0.0309. The summed E-state index contributed by atoms with van der Waals surface area (Å²) in [6.45, 7) is 1.88. The van der Waals surface area contributed by atoms with Gasteiger partial charge in [0.15, 0.2) is 0 Å². The average Bonchev–Trinajstić information content (AvgIpc) is 2.96. The van der Waals surface area contributed by atoms with Crippen LogP contribution in [0.5, 0.6) is 5.75 Å². The van der Waals surface area contributed by atoms with Crippen LogP contribution in [0.25, 0.3) is 10.9 Å². The van der Waals surface area contributed by atoms with Crippen molar-refractivity contribution in [3.63, 3.8) is 0 Å². The molecule has 0 aliphatic heterocycles. The second-order valence-corrected chi connectivity index (χ2v) is 5.72. The summed E-state index contributed by atoms with van der Waals surface area (Å²) in [7, 11) is 0. The molecule has 0 radical (unpaired) electrons. The van der Waals surface area contributed by atoms with E-state index in [2.05, 4.69) is 10.1 Å². The van der Waals surface area contributed by atoms with E-state index in [0.717, 1.165) is 5.69 Å². The standard InChI is InChI=1S/C17H15ClN2O4/c1-10(13-4-2-3-7-19-13)23-16-9-14-11(8-12(16)18)15(24-20-14)5-6-17(21)22/h2-4,7-10H,5-6H2,1H3,(H,21,22)/t10-/m1/s1. The van der Waals surface area contributed by atoms with Gasteiger partial charge in [0.25, 0.3) is 0 Å². The van der Waals surface area contributed by atoms with Crippen LogP contribution in [-0.4, -0.2) is 21.2 Å². The predicted molar refractivity (Wildman–Crippen MR) is 88.3 cm³/mol. The van der Waals surface area contributed by atoms with Crippen LogP contribution >= 0.6 is 11.6 Å². The molecular formula is C17H15ClN2O4. The Labute approximate surface area is 143 Å². The first-order chi connectivity index (χ1) is 11.5. The van der Waals surface area contributed by atoms with E-state index in [-0.39, 0.29) is 18.9 Å². The van der Waals surface area contributed by atoms with Gasteiger partial charge in [-0.2, -0.15) is 0 Å². The molecule has 0 fully saturated rings. The van der Waals surface area contributed by atoms with Crippen molar-refractivity contribution in [3.05, 3.63) is 53.0 Å². The van der Waals surface area contributed by atoms with Crippen LogP contribution in [0.15, 0.2) is 41.1 Å². The molecule has 1 atom stereocenters. The van der Waals surface area contributed by atoms with Crippen molar-refractivity contribution in [1.29, 1.82) is 0 Å². The molecule has 0 bridgehead atoms. The molecule has 124 valence electrons. The molecule has 2 aromatic heterocycles. The number of carboxylic acids is 1. The van der Waals surface area contributed by atoms with Crippen molar-refractivity contribution < 1.29 is 19.2 Å². The highest BCUT2D eigenvalue weighted by Gasteiger charge is 2.16. The van der Waals surface area contributed by atoms with Crippen LogP contribution in [0.1, 0.15) is 30.9 Å². The Morgan fingerprint density at radius 1 is 1.42 bits per heavy atom. The van der Waals surface area contributed by atoms with E-state index < -0.39 is 5.97 Å². The van der Waals surface area contributed by atoms with E-state index in [4.69, 9.17) is 26.0 Å². The number of rotatable bonds is 6. The Bertz CT molecular complexity index is 864. The van der Waals surface area contributed by atoms with Gasteiger partial charge in [0, 0.05) is 24.1 Å². The fourth-order valence-electron chi connectivity index (χ4n) is 2.35. The van der Waals surface area contributed by atoms with Crippen molar-refractivity contribution in [2.45, 2.75) is 25.9 Å². The summed E-state index contributed by atoms with van der Waals surface area (Å²) in [6.07, 6.45) is 1.65. The van der Waals surface area contributed by atoms with Gasteiger partial charge in [0.1, 0.15) is 23.1 Å². The zero-order valence-electron chi connectivity index (χ0n) is 12.9. The molecular weight excluding hydrogens is 332 g/mol. The quantitative estimate of drug-likeness (QED) is 0.725. The fraction of sp³-hybridized carbons (Fsp3) is 0.235. The Balaban J connectivity index is 1.85. The Kier molecular flexibility index (Phi) is 4.66. The lowest BCUT2D eigenvalue weighted by molar-refractivity contribution is -0.137. The largest absolute Gasteiger partial charge is 0.483 e. The van der Waals surface area contributed by atoms with Gasteiger partial charge < -0.3 is 14.4 Å². The zero-order chi connectivity index (χ0) is 17.1. The van der Waals surface area contributed by atoms with Gasteiger partial charge in [-0.05, 0) is 25.1 Å². The minimum atomic E-state index is -0.894. The number of aryl methyl sites for hydroxylation is 1. The normalized spacial score (nSPS) is 12.2. The SMILES string of the molecule is C[C@@H](Oc1cc2noc(CCC(=O)O)c2cc1Cl)c1ccccn1. The molecule has 0 amide bonds. The summed E-state index contributed by atoms with van der Waals surface area (Å²) in [6, 6.07) is 8.97. The van der Waals surface area contributed by atoms with E-state index in [1.807, 2.05) is 25.1 Å². The number of aromatic nitrogens is 2. The van der Waals surface area contributed by atoms with Crippen molar-refractivity contribution in [2.75, 3.05) is 0 Å². The summed E-state index contributed by atoms with van der Waals surface area (Å²) < 4.78 is 11.1. The molecule has 0 aliphatic rings. The first-order valence-electron chi connectivity index (χ1n) is 7.42. The molecule has 3 rings (SSSR count). The number of hydrogen-bond donors (Lipinski definition) is 1. The summed E-state index contributed by atoms with van der Waals surface area (Å²) in [5, 5.41) is 13.8. The molecule has 0 spiro atoms. The number of carboxylic acid groups (broad SMARTS) is 1. The number of nitrogens with zero attached hydrogens (tertiary/aromatic N) is 2. The first-order valence-corrected chi connectivity index (χ1v) is 7.79. The monoisotopic (exact) mass is 346 g/mol. The maximum absolute atomic E-state index is 10.7. The highest BCUT2D eigenvalue weighted by molar-refractivity contribution is 6.32. The molecule has 24 heavy (non-hydrogen) atoms. The number of aliphatic carboxylic acids is 1. The van der Waals surface area contributed by atoms with E-state index in [9.17, 15) is 4.79 Å². The van der Waals surface area contributed by atoms with Gasteiger partial charge in [0.2, 0.25) is 0 Å². The third-order valence-corrected chi connectivity index (χ3v) is 3.87. The number of hydrogen-bond acceptors (Lipinski definition) is 5. The van der Waals surface area contributed by atoms with Crippen LogP contribution < -0.4 is 4.74 Å². The number of ether oxygens (including phenoxy) is 1. The number of halogens is 1. The average molecular weight is 347 g/mol. The summed E-state index contributed by atoms with van der Waals surface area (Å²) in [4.78, 5) is 14.9. The summed E-state index contributed by atoms with van der Waals surface area (Å²) in [5.74, 6) is 0.0776. The van der Waals surface area contributed by atoms with Gasteiger partial charge in [-0.1, -0.05) is 22.8 Å². The summed E-state index contributed by atoms with van der Waals surface area (Å²) >= 11 is 6.30. The molecule has 0 saturated heterocycles. The van der Waals surface area contributed by atoms with E-state index in [0.29, 0.717) is 27.4 Å². The molecule has 0 unspecified atom stereocenters. The Morgan fingerprint density at radius 3 is 2.96 bits per heavy atom. The van der Waals surface area contributed by atoms with Crippen LogP contribution in [0.3, 0.4) is 0 Å². The number of benzene rings is 1. The molecule has 7 heteroatoms. The van der Waals surface area contributed by atoms with Gasteiger partial charge in [-0.25, -0.2) is 0 Å². The van der Waals surface area contributed by atoms with Crippen LogP contribution in [0.4, 0.5) is 0 Å². The van der Waals surface area contributed by atoms with Crippen molar-refractivity contribution in [1.82, 2.24) is 10.1 Å². The zero-order valence-corrected chi connectivity index (χ0v) is 13.7. The van der Waals surface area contributed by atoms with E-state index >= 15 is 0 Å². The van der Waals surface area contributed by atoms with Crippen LogP contribution in [0, 0.1) is 0 Å². The molecule has 0 aliphatic carbocycles.